The van der Waals surface area contributed by atoms with Crippen LogP contribution in [0.4, 0.5) is 4.79 Å². The third kappa shape index (κ3) is 5.69. The summed E-state index contributed by atoms with van der Waals surface area (Å²) in [6, 6.07) is 7.64. The zero-order chi connectivity index (χ0) is 17.4. The fourth-order valence-corrected chi connectivity index (χ4v) is 2.67. The van der Waals surface area contributed by atoms with Gasteiger partial charge in [0.2, 0.25) is 5.91 Å². The van der Waals surface area contributed by atoms with Gasteiger partial charge in [-0.3, -0.25) is 4.79 Å². The second kappa shape index (κ2) is 9.49. The zero-order valence-corrected chi connectivity index (χ0v) is 14.7. The van der Waals surface area contributed by atoms with Crippen LogP contribution in [0.5, 0.6) is 0 Å². The molecule has 7 heteroatoms. The third-order valence-electron chi connectivity index (χ3n) is 3.92. The summed E-state index contributed by atoms with van der Waals surface area (Å²) in [5.74, 6) is 0.113. The number of nitrogens with one attached hydrogen (secondary N) is 1. The van der Waals surface area contributed by atoms with Crippen molar-refractivity contribution in [3.8, 4) is 0 Å². The molecule has 1 fully saturated rings. The first-order valence-corrected chi connectivity index (χ1v) is 8.62. The Bertz CT molecular complexity index is 543. The van der Waals surface area contributed by atoms with Gasteiger partial charge in [-0.25, -0.2) is 4.79 Å². The van der Waals surface area contributed by atoms with Crippen LogP contribution in [0, 0.1) is 0 Å². The highest BCUT2D eigenvalue weighted by Crippen LogP contribution is 2.09. The van der Waals surface area contributed by atoms with E-state index in [1.54, 1.807) is 16.7 Å². The molecule has 0 radical (unpaired) electrons. The van der Waals surface area contributed by atoms with Crippen molar-refractivity contribution in [1.29, 1.82) is 0 Å². The maximum atomic E-state index is 12.2. The second-order valence-electron chi connectivity index (χ2n) is 5.62. The van der Waals surface area contributed by atoms with Crippen LogP contribution in [0.3, 0.4) is 0 Å². The number of rotatable bonds is 6. The molecule has 0 saturated carbocycles. The van der Waals surface area contributed by atoms with Gasteiger partial charge in [0.15, 0.2) is 0 Å². The van der Waals surface area contributed by atoms with Crippen LogP contribution in [0.2, 0.25) is 5.02 Å². The van der Waals surface area contributed by atoms with Gasteiger partial charge in [0, 0.05) is 50.7 Å². The van der Waals surface area contributed by atoms with Crippen LogP contribution in [0.25, 0.3) is 0 Å². The molecule has 1 aromatic carbocycles. The normalized spacial score (nSPS) is 14.6. The van der Waals surface area contributed by atoms with Crippen LogP contribution in [-0.4, -0.2) is 61.1 Å². The molecule has 0 aliphatic carbocycles. The van der Waals surface area contributed by atoms with E-state index in [2.05, 4.69) is 5.32 Å². The van der Waals surface area contributed by atoms with Crippen LogP contribution < -0.4 is 5.32 Å². The monoisotopic (exact) mass is 353 g/mol. The minimum Gasteiger partial charge on any atom is -0.450 e. The van der Waals surface area contributed by atoms with E-state index in [-0.39, 0.29) is 12.0 Å². The lowest BCUT2D eigenvalue weighted by atomic mass is 10.2. The lowest BCUT2D eigenvalue weighted by Crippen LogP contribution is -2.51. The van der Waals surface area contributed by atoms with Crippen molar-refractivity contribution in [3.05, 3.63) is 34.9 Å². The molecule has 132 valence electrons. The Morgan fingerprint density at radius 2 is 1.75 bits per heavy atom. The summed E-state index contributed by atoms with van der Waals surface area (Å²) in [6.07, 6.45) is 0.154. The molecule has 0 spiro atoms. The van der Waals surface area contributed by atoms with Gasteiger partial charge in [0.25, 0.3) is 0 Å². The van der Waals surface area contributed by atoms with E-state index < -0.39 is 0 Å². The van der Waals surface area contributed by atoms with E-state index in [4.69, 9.17) is 16.3 Å². The molecule has 2 amide bonds. The predicted molar refractivity (Wildman–Crippen MR) is 93.0 cm³/mol. The van der Waals surface area contributed by atoms with Crippen molar-refractivity contribution in [2.45, 2.75) is 19.9 Å². The molecule has 2 rings (SSSR count). The Balaban J connectivity index is 1.63. The molecule has 1 aromatic rings. The highest BCUT2D eigenvalue weighted by molar-refractivity contribution is 6.30. The van der Waals surface area contributed by atoms with Crippen molar-refractivity contribution in [3.63, 3.8) is 0 Å². The number of benzene rings is 1. The van der Waals surface area contributed by atoms with Gasteiger partial charge in [0.05, 0.1) is 6.61 Å². The summed E-state index contributed by atoms with van der Waals surface area (Å²) in [5, 5.41) is 3.98. The van der Waals surface area contributed by atoms with E-state index in [1.165, 1.54) is 0 Å². The van der Waals surface area contributed by atoms with Gasteiger partial charge in [0.1, 0.15) is 0 Å². The van der Waals surface area contributed by atoms with Crippen LogP contribution in [0.15, 0.2) is 24.3 Å². The number of amides is 2. The first-order chi connectivity index (χ1) is 11.6. The van der Waals surface area contributed by atoms with Crippen LogP contribution in [0.1, 0.15) is 18.9 Å². The molecule has 6 nitrogen and oxygen atoms in total. The van der Waals surface area contributed by atoms with Crippen molar-refractivity contribution in [2.24, 2.45) is 0 Å². The van der Waals surface area contributed by atoms with E-state index in [9.17, 15) is 9.59 Å². The van der Waals surface area contributed by atoms with Crippen molar-refractivity contribution in [1.82, 2.24) is 15.1 Å². The second-order valence-corrected chi connectivity index (χ2v) is 6.06. The molecule has 1 aliphatic rings. The number of carbonyl (C=O) groups excluding carboxylic acids is 2. The van der Waals surface area contributed by atoms with E-state index in [0.29, 0.717) is 52.3 Å². The molecular weight excluding hydrogens is 330 g/mol. The molecule has 0 aromatic heterocycles. The number of hydrogen-bond donors (Lipinski definition) is 1. The Morgan fingerprint density at radius 1 is 1.12 bits per heavy atom. The lowest BCUT2D eigenvalue weighted by molar-refractivity contribution is -0.132. The predicted octanol–water partition coefficient (Wildman–Crippen LogP) is 2.12. The van der Waals surface area contributed by atoms with Gasteiger partial charge >= 0.3 is 6.09 Å². The van der Waals surface area contributed by atoms with Crippen LogP contribution in [-0.2, 0) is 16.1 Å². The fraction of sp³-hybridized carbons (Fsp3) is 0.529. The molecule has 0 atom stereocenters. The maximum absolute atomic E-state index is 12.2. The number of hydrogen-bond acceptors (Lipinski definition) is 4. The Kier molecular flexibility index (Phi) is 7.34. The van der Waals surface area contributed by atoms with Gasteiger partial charge < -0.3 is 19.9 Å². The molecule has 0 unspecified atom stereocenters. The average molecular weight is 354 g/mol. The zero-order valence-electron chi connectivity index (χ0n) is 14.0. The Hall–Kier alpha value is -1.79. The summed E-state index contributed by atoms with van der Waals surface area (Å²) >= 11 is 5.84. The van der Waals surface area contributed by atoms with Gasteiger partial charge in [-0.1, -0.05) is 23.7 Å². The Morgan fingerprint density at radius 3 is 2.38 bits per heavy atom. The van der Waals surface area contributed by atoms with Gasteiger partial charge in [-0.2, -0.15) is 0 Å². The lowest BCUT2D eigenvalue weighted by Gasteiger charge is -2.34. The Labute approximate surface area is 147 Å². The smallest absolute Gasteiger partial charge is 0.409 e. The minimum atomic E-state index is -0.297. The van der Waals surface area contributed by atoms with E-state index >= 15 is 0 Å². The quantitative estimate of drug-likeness (QED) is 0.796. The maximum Gasteiger partial charge on any atom is 0.409 e. The first kappa shape index (κ1) is 18.5. The van der Waals surface area contributed by atoms with E-state index in [1.807, 2.05) is 24.3 Å². The molecule has 1 heterocycles. The number of ether oxygens (including phenoxy) is 1. The minimum absolute atomic E-state index is 0.113. The average Bonchev–Trinajstić information content (AvgIpc) is 2.60. The highest BCUT2D eigenvalue weighted by atomic mass is 35.5. The van der Waals surface area contributed by atoms with Crippen molar-refractivity contribution in [2.75, 3.05) is 39.3 Å². The highest BCUT2D eigenvalue weighted by Gasteiger charge is 2.24. The summed E-state index contributed by atoms with van der Waals surface area (Å²) in [7, 11) is 0. The molecular formula is C17H24ClN3O3. The fourth-order valence-electron chi connectivity index (χ4n) is 2.54. The van der Waals surface area contributed by atoms with Crippen molar-refractivity contribution >= 4 is 23.6 Å². The van der Waals surface area contributed by atoms with Crippen molar-refractivity contribution < 1.29 is 14.3 Å². The SMILES string of the molecule is CCOC(=O)N1CCN(C(=O)CCNCc2ccc(Cl)cc2)CC1. The third-order valence-corrected chi connectivity index (χ3v) is 4.17. The standard InChI is InChI=1S/C17H24ClN3O3/c1-2-24-17(23)21-11-9-20(10-12-21)16(22)7-8-19-13-14-3-5-15(18)6-4-14/h3-6,19H,2,7-13H2,1H3. The number of nitrogens with zero attached hydrogens (tertiary/aromatic N) is 2. The summed E-state index contributed by atoms with van der Waals surface area (Å²) < 4.78 is 4.97. The topological polar surface area (TPSA) is 61.9 Å². The number of piperazine rings is 1. The first-order valence-electron chi connectivity index (χ1n) is 8.24. The molecule has 24 heavy (non-hydrogen) atoms. The molecule has 1 N–H and O–H groups in total. The van der Waals surface area contributed by atoms with Gasteiger partial charge in [-0.05, 0) is 24.6 Å². The van der Waals surface area contributed by atoms with Crippen LogP contribution >= 0.6 is 11.6 Å². The number of carbonyl (C=O) groups is 2. The molecule has 0 bridgehead atoms. The summed E-state index contributed by atoms with van der Waals surface area (Å²) in [5.41, 5.74) is 1.13. The molecule has 1 saturated heterocycles. The van der Waals surface area contributed by atoms with E-state index in [0.717, 1.165) is 10.6 Å². The summed E-state index contributed by atoms with van der Waals surface area (Å²) in [6.45, 7) is 5.68. The number of halogens is 1. The van der Waals surface area contributed by atoms with Gasteiger partial charge in [-0.15, -0.1) is 0 Å². The molecule has 1 aliphatic heterocycles. The largest absolute Gasteiger partial charge is 0.450 e. The summed E-state index contributed by atoms with van der Waals surface area (Å²) in [4.78, 5) is 27.3.